The first-order valence-corrected chi connectivity index (χ1v) is 10.8. The summed E-state index contributed by atoms with van der Waals surface area (Å²) in [4.78, 5) is 74.0. The maximum absolute atomic E-state index is 12.7. The minimum Gasteiger partial charge on any atom is -0.481 e. The Morgan fingerprint density at radius 3 is 1.67 bits per heavy atom. The lowest BCUT2D eigenvalue weighted by Crippen LogP contribution is -2.58. The van der Waals surface area contributed by atoms with E-state index in [-0.39, 0.29) is 25.3 Å². The molecule has 0 fully saturated rings. The van der Waals surface area contributed by atoms with E-state index in [4.69, 9.17) is 32.5 Å². The van der Waals surface area contributed by atoms with Crippen molar-refractivity contribution >= 4 is 41.6 Å². The highest BCUT2D eigenvalue weighted by Crippen LogP contribution is 2.04. The third kappa shape index (κ3) is 13.7. The lowest BCUT2D eigenvalue weighted by Gasteiger charge is -2.24. The number of aliphatic carboxylic acids is 3. The van der Waals surface area contributed by atoms with E-state index in [2.05, 4.69) is 15.6 Å². The molecule has 0 rings (SSSR count). The molecule has 13 N–H and O–H groups in total. The fourth-order valence-electron chi connectivity index (χ4n) is 2.73. The number of aliphatic imine (C=N–C) groups is 1. The molecule has 204 valence electrons. The van der Waals surface area contributed by atoms with Gasteiger partial charge in [0.1, 0.15) is 18.1 Å². The second kappa shape index (κ2) is 16.6. The Labute approximate surface area is 205 Å². The number of hydrogen-bond donors (Lipinski definition) is 10. The van der Waals surface area contributed by atoms with Crippen LogP contribution in [0.4, 0.5) is 0 Å². The van der Waals surface area contributed by atoms with Crippen LogP contribution >= 0.6 is 0 Å². The zero-order valence-electron chi connectivity index (χ0n) is 19.4. The number of hydrogen-bond acceptors (Lipinski definition) is 9. The van der Waals surface area contributed by atoms with Crippen molar-refractivity contribution in [3.05, 3.63) is 0 Å². The number of nitrogens with one attached hydrogen (secondary N) is 3. The summed E-state index contributed by atoms with van der Waals surface area (Å²) in [6.45, 7) is -0.782. The minimum atomic E-state index is -1.68. The molecule has 17 nitrogen and oxygen atoms in total. The van der Waals surface area contributed by atoms with E-state index >= 15 is 0 Å². The zero-order valence-corrected chi connectivity index (χ0v) is 19.4. The SMILES string of the molecule is NC(N)=NCCCC(N)C(=O)NC(CCC(=O)O)C(=O)NC(CO)C(=O)NC(CCC(=O)O)C(=O)O. The quantitative estimate of drug-likeness (QED) is 0.0465. The van der Waals surface area contributed by atoms with Crippen LogP contribution in [0.2, 0.25) is 0 Å². The fourth-order valence-corrected chi connectivity index (χ4v) is 2.73. The Morgan fingerprint density at radius 2 is 1.19 bits per heavy atom. The van der Waals surface area contributed by atoms with Crippen molar-refractivity contribution < 1.29 is 49.2 Å². The summed E-state index contributed by atoms with van der Waals surface area (Å²) in [6.07, 6.45) is -1.49. The highest BCUT2D eigenvalue weighted by atomic mass is 16.4. The molecule has 4 atom stereocenters. The lowest BCUT2D eigenvalue weighted by molar-refractivity contribution is -0.143. The van der Waals surface area contributed by atoms with Crippen LogP contribution in [-0.4, -0.2) is 99.3 Å². The number of carbonyl (C=O) groups is 6. The van der Waals surface area contributed by atoms with Crippen LogP contribution in [0.3, 0.4) is 0 Å². The van der Waals surface area contributed by atoms with Crippen molar-refractivity contribution in [2.75, 3.05) is 13.2 Å². The molecule has 0 aromatic carbocycles. The molecule has 0 aromatic rings. The number of carboxylic acid groups (broad SMARTS) is 3. The number of amides is 3. The highest BCUT2D eigenvalue weighted by molar-refractivity contribution is 5.94. The summed E-state index contributed by atoms with van der Waals surface area (Å²) in [6, 6.07) is -5.84. The number of carboxylic acids is 3. The number of aliphatic hydroxyl groups is 1. The largest absolute Gasteiger partial charge is 0.481 e. The van der Waals surface area contributed by atoms with Gasteiger partial charge in [0.05, 0.1) is 12.6 Å². The first kappa shape index (κ1) is 32.0. The molecule has 0 bridgehead atoms. The van der Waals surface area contributed by atoms with E-state index in [1.165, 1.54) is 0 Å². The average molecular weight is 520 g/mol. The normalized spacial score (nSPS) is 13.8. The molecule has 0 saturated heterocycles. The minimum absolute atomic E-state index is 0.129. The smallest absolute Gasteiger partial charge is 0.326 e. The van der Waals surface area contributed by atoms with Gasteiger partial charge in [0.2, 0.25) is 17.7 Å². The van der Waals surface area contributed by atoms with Crippen molar-refractivity contribution in [3.63, 3.8) is 0 Å². The third-order valence-corrected chi connectivity index (χ3v) is 4.66. The molecule has 36 heavy (non-hydrogen) atoms. The average Bonchev–Trinajstić information content (AvgIpc) is 2.79. The van der Waals surface area contributed by atoms with E-state index in [9.17, 15) is 33.9 Å². The molecule has 3 amide bonds. The van der Waals surface area contributed by atoms with Crippen LogP contribution in [0.15, 0.2) is 4.99 Å². The van der Waals surface area contributed by atoms with Gasteiger partial charge in [0.15, 0.2) is 5.96 Å². The molecule has 0 aliphatic heterocycles. The Balaban J connectivity index is 5.25. The standard InChI is InChI=1S/C19H33N7O10/c20-9(2-1-7-23-19(21)22)15(32)24-10(3-5-13(28)29)16(33)26-12(8-27)17(34)25-11(18(35)36)4-6-14(30)31/h9-12,27H,1-8,20H2,(H,24,32)(H,25,34)(H,26,33)(H,28,29)(H,30,31)(H,35,36)(H4,21,22,23). The molecule has 0 heterocycles. The predicted octanol–water partition coefficient (Wildman–Crippen LogP) is -4.37. The van der Waals surface area contributed by atoms with E-state index in [0.29, 0.717) is 6.42 Å². The number of guanidine groups is 1. The van der Waals surface area contributed by atoms with E-state index in [1.54, 1.807) is 0 Å². The molecular weight excluding hydrogens is 486 g/mol. The summed E-state index contributed by atoms with van der Waals surface area (Å²) < 4.78 is 0. The second-order valence-corrected chi connectivity index (χ2v) is 7.62. The summed E-state index contributed by atoms with van der Waals surface area (Å²) in [5.41, 5.74) is 16.2. The van der Waals surface area contributed by atoms with E-state index < -0.39 is 85.7 Å². The van der Waals surface area contributed by atoms with Crippen LogP contribution in [0.25, 0.3) is 0 Å². The lowest BCUT2D eigenvalue weighted by atomic mass is 10.1. The molecule has 0 aliphatic rings. The van der Waals surface area contributed by atoms with Gasteiger partial charge < -0.3 is 53.6 Å². The molecule has 0 saturated carbocycles. The summed E-state index contributed by atoms with van der Waals surface area (Å²) in [7, 11) is 0. The van der Waals surface area contributed by atoms with Crippen LogP contribution < -0.4 is 33.2 Å². The van der Waals surface area contributed by atoms with Gasteiger partial charge in [-0.3, -0.25) is 29.0 Å². The van der Waals surface area contributed by atoms with Gasteiger partial charge in [-0.25, -0.2) is 4.79 Å². The Morgan fingerprint density at radius 1 is 0.722 bits per heavy atom. The Bertz CT molecular complexity index is 831. The topological polar surface area (TPSA) is 310 Å². The number of rotatable bonds is 18. The van der Waals surface area contributed by atoms with E-state index in [0.717, 1.165) is 0 Å². The Hall–Kier alpha value is -3.99. The summed E-state index contributed by atoms with van der Waals surface area (Å²) in [5, 5.41) is 42.7. The third-order valence-electron chi connectivity index (χ3n) is 4.66. The summed E-state index contributed by atoms with van der Waals surface area (Å²) >= 11 is 0. The second-order valence-electron chi connectivity index (χ2n) is 7.62. The van der Waals surface area contributed by atoms with Gasteiger partial charge in [-0.1, -0.05) is 0 Å². The maximum Gasteiger partial charge on any atom is 0.326 e. The molecule has 17 heteroatoms. The predicted molar refractivity (Wildman–Crippen MR) is 122 cm³/mol. The maximum atomic E-state index is 12.7. The Kier molecular flexibility index (Phi) is 14.8. The van der Waals surface area contributed by atoms with Crippen LogP contribution in [0.5, 0.6) is 0 Å². The van der Waals surface area contributed by atoms with Gasteiger partial charge in [-0.05, 0) is 25.7 Å². The van der Waals surface area contributed by atoms with Crippen LogP contribution in [0.1, 0.15) is 38.5 Å². The number of carbonyl (C=O) groups excluding carboxylic acids is 3. The van der Waals surface area contributed by atoms with Gasteiger partial charge in [0.25, 0.3) is 0 Å². The highest BCUT2D eigenvalue weighted by Gasteiger charge is 2.30. The first-order valence-electron chi connectivity index (χ1n) is 10.8. The van der Waals surface area contributed by atoms with Crippen molar-refractivity contribution in [3.8, 4) is 0 Å². The van der Waals surface area contributed by atoms with Crippen molar-refractivity contribution in [1.29, 1.82) is 0 Å². The first-order chi connectivity index (χ1) is 16.8. The van der Waals surface area contributed by atoms with Gasteiger partial charge in [-0.15, -0.1) is 0 Å². The van der Waals surface area contributed by atoms with Gasteiger partial charge in [-0.2, -0.15) is 0 Å². The van der Waals surface area contributed by atoms with Crippen molar-refractivity contribution in [2.24, 2.45) is 22.2 Å². The fraction of sp³-hybridized carbons (Fsp3) is 0.632. The van der Waals surface area contributed by atoms with Crippen LogP contribution in [-0.2, 0) is 28.8 Å². The molecule has 0 aliphatic carbocycles. The monoisotopic (exact) mass is 519 g/mol. The summed E-state index contributed by atoms with van der Waals surface area (Å²) in [5.74, 6) is -7.22. The van der Waals surface area contributed by atoms with E-state index in [1.807, 2.05) is 5.32 Å². The van der Waals surface area contributed by atoms with Gasteiger partial charge in [0, 0.05) is 19.4 Å². The molecule has 4 unspecified atom stereocenters. The molecule has 0 spiro atoms. The zero-order chi connectivity index (χ0) is 27.8. The number of aliphatic hydroxyl groups excluding tert-OH is 1. The van der Waals surface area contributed by atoms with Gasteiger partial charge >= 0.3 is 17.9 Å². The number of nitrogens with two attached hydrogens (primary N) is 3. The number of nitrogens with zero attached hydrogens (tertiary/aromatic N) is 1. The van der Waals surface area contributed by atoms with Crippen molar-refractivity contribution in [1.82, 2.24) is 16.0 Å². The molecular formula is C19H33N7O10. The molecule has 0 aromatic heterocycles. The molecule has 0 radical (unpaired) electrons. The van der Waals surface area contributed by atoms with Crippen molar-refractivity contribution in [2.45, 2.75) is 62.7 Å². The van der Waals surface area contributed by atoms with Crippen LogP contribution in [0, 0.1) is 0 Å².